The molecule has 0 saturated carbocycles. The van der Waals surface area contributed by atoms with Gasteiger partial charge >= 0.3 is 29.6 Å². The second kappa shape index (κ2) is 14.5. The van der Waals surface area contributed by atoms with E-state index in [1.54, 1.807) is 12.1 Å². The van der Waals surface area contributed by atoms with Gasteiger partial charge in [-0.05, 0) is 60.4 Å². The van der Waals surface area contributed by atoms with E-state index in [1.165, 1.54) is 30.5 Å². The van der Waals surface area contributed by atoms with Crippen LogP contribution in [0, 0.1) is 0 Å². The summed E-state index contributed by atoms with van der Waals surface area (Å²) in [6.45, 7) is 2.21. The summed E-state index contributed by atoms with van der Waals surface area (Å²) in [6.07, 6.45) is 3.51. The number of azo groups is 1. The predicted molar refractivity (Wildman–Crippen MR) is 112 cm³/mol. The van der Waals surface area contributed by atoms with E-state index in [9.17, 15) is 9.90 Å². The van der Waals surface area contributed by atoms with Crippen molar-refractivity contribution in [2.24, 2.45) is 10.2 Å². The quantitative estimate of drug-likeness (QED) is 0.477. The number of phenolic OH excluding ortho intramolecular Hbond substituents is 1. The zero-order chi connectivity index (χ0) is 20.9. The average Bonchev–Trinajstić information content (AvgIpc) is 2.74. The van der Waals surface area contributed by atoms with Crippen LogP contribution in [0.1, 0.15) is 30.9 Å². The number of carbonyl (C=O) groups is 1. The maximum Gasteiger partial charge on any atom is 1.00 e. The molecule has 0 bridgehead atoms. The van der Waals surface area contributed by atoms with Crippen LogP contribution in [-0.4, -0.2) is 11.1 Å². The number of aromatic hydroxyl groups is 1. The maximum atomic E-state index is 10.1. The molecule has 0 radical (unpaired) electrons. The zero-order valence-electron chi connectivity index (χ0n) is 17.5. The molecule has 5 nitrogen and oxygen atoms in total. The van der Waals surface area contributed by atoms with Crippen molar-refractivity contribution in [2.75, 3.05) is 0 Å². The molecular formula is C24H25N2NaO3. The summed E-state index contributed by atoms with van der Waals surface area (Å²) in [5.41, 5.74) is 3.78. The normalized spacial score (nSPS) is 10.0. The van der Waals surface area contributed by atoms with Crippen LogP contribution in [-0.2, 0) is 17.6 Å². The smallest absolute Gasteiger partial charge is 0.550 e. The van der Waals surface area contributed by atoms with Gasteiger partial charge in [0.2, 0.25) is 0 Å². The van der Waals surface area contributed by atoms with Crippen LogP contribution < -0.4 is 34.7 Å². The molecule has 0 amide bonds. The Balaban J connectivity index is 0.000000324. The van der Waals surface area contributed by atoms with Crippen molar-refractivity contribution in [2.45, 2.75) is 32.6 Å². The van der Waals surface area contributed by atoms with E-state index >= 15 is 0 Å². The number of aliphatic carboxylic acids is 1. The van der Waals surface area contributed by atoms with Crippen molar-refractivity contribution in [3.8, 4) is 5.75 Å². The topological polar surface area (TPSA) is 85.1 Å². The summed E-state index contributed by atoms with van der Waals surface area (Å²) < 4.78 is 0. The molecule has 0 atom stereocenters. The van der Waals surface area contributed by atoms with Crippen molar-refractivity contribution < 1.29 is 44.6 Å². The molecule has 3 aromatic rings. The number of nitrogens with zero attached hydrogens (tertiary/aromatic N) is 2. The molecule has 3 aromatic carbocycles. The van der Waals surface area contributed by atoms with Gasteiger partial charge in [0.1, 0.15) is 5.75 Å². The number of hydrogen-bond acceptors (Lipinski definition) is 5. The molecule has 30 heavy (non-hydrogen) atoms. The minimum Gasteiger partial charge on any atom is -0.550 e. The number of unbranched alkanes of at least 4 members (excludes halogenated alkanes) is 1. The Hall–Kier alpha value is -2.47. The second-order valence-electron chi connectivity index (χ2n) is 6.52. The molecule has 0 heterocycles. The third-order valence-electron chi connectivity index (χ3n) is 4.08. The standard InChI is InChI=1S/C16H18N2.C8H8O3.Na/c1-2-3-7-14-10-12-16(13-11-14)18-17-15-8-5-4-6-9-15;9-7-3-1-6(2-4-7)5-8(10)11;/h4-6,8-13H,2-3,7H2,1H3;1-4,9H,5H2,(H,10,11);/q;;+1/p-1. The van der Waals surface area contributed by atoms with Crippen molar-refractivity contribution in [3.63, 3.8) is 0 Å². The molecule has 0 spiro atoms. The number of hydrogen-bond donors (Lipinski definition) is 1. The summed E-state index contributed by atoms with van der Waals surface area (Å²) in [4.78, 5) is 10.1. The molecule has 0 saturated heterocycles. The van der Waals surface area contributed by atoms with Crippen LogP contribution in [0.5, 0.6) is 5.75 Å². The van der Waals surface area contributed by atoms with Gasteiger partial charge in [-0.25, -0.2) is 0 Å². The first kappa shape index (κ1) is 25.6. The largest absolute Gasteiger partial charge is 1.00 e. The number of rotatable bonds is 7. The van der Waals surface area contributed by atoms with Crippen LogP contribution in [0.3, 0.4) is 0 Å². The van der Waals surface area contributed by atoms with Crippen molar-refractivity contribution in [1.29, 1.82) is 0 Å². The SMILES string of the molecule is CCCCc1ccc(N=Nc2ccccc2)cc1.O=C([O-])Cc1ccc(O)cc1.[Na+]. The van der Waals surface area contributed by atoms with Crippen molar-refractivity contribution >= 4 is 17.3 Å². The van der Waals surface area contributed by atoms with E-state index in [-0.39, 0.29) is 41.7 Å². The molecule has 0 aliphatic carbocycles. The summed E-state index contributed by atoms with van der Waals surface area (Å²) in [7, 11) is 0. The molecule has 1 N–H and O–H groups in total. The van der Waals surface area contributed by atoms with E-state index in [0.29, 0.717) is 5.56 Å². The first-order valence-corrected chi connectivity index (χ1v) is 9.60. The number of carboxylic acids is 1. The van der Waals surface area contributed by atoms with Crippen LogP contribution in [0.4, 0.5) is 11.4 Å². The Morgan fingerprint density at radius 2 is 1.37 bits per heavy atom. The van der Waals surface area contributed by atoms with Gasteiger partial charge < -0.3 is 15.0 Å². The van der Waals surface area contributed by atoms with Crippen LogP contribution in [0.25, 0.3) is 0 Å². The van der Waals surface area contributed by atoms with Crippen molar-refractivity contribution in [3.05, 3.63) is 90.0 Å². The number of carboxylic acid groups (broad SMARTS) is 1. The number of benzene rings is 3. The van der Waals surface area contributed by atoms with Crippen molar-refractivity contribution in [1.82, 2.24) is 0 Å². The Labute approximate surface area is 199 Å². The molecule has 0 unspecified atom stereocenters. The van der Waals surface area contributed by atoms with Gasteiger partial charge in [0.25, 0.3) is 0 Å². The Morgan fingerprint density at radius 1 is 0.833 bits per heavy atom. The first-order chi connectivity index (χ1) is 14.1. The predicted octanol–water partition coefficient (Wildman–Crippen LogP) is 2.13. The number of carbonyl (C=O) groups excluding carboxylic acids is 1. The molecular weight excluding hydrogens is 387 g/mol. The van der Waals surface area contributed by atoms with E-state index in [2.05, 4.69) is 29.3 Å². The summed E-state index contributed by atoms with van der Waals surface area (Å²) in [6, 6.07) is 24.1. The van der Waals surface area contributed by atoms with Gasteiger partial charge in [0.05, 0.1) is 11.4 Å². The van der Waals surface area contributed by atoms with Crippen LogP contribution in [0.2, 0.25) is 0 Å². The van der Waals surface area contributed by atoms with Crippen LogP contribution >= 0.6 is 0 Å². The first-order valence-electron chi connectivity index (χ1n) is 9.60. The fraction of sp³-hybridized carbons (Fsp3) is 0.208. The fourth-order valence-electron chi connectivity index (χ4n) is 2.50. The maximum absolute atomic E-state index is 10.1. The molecule has 3 rings (SSSR count). The van der Waals surface area contributed by atoms with Gasteiger partial charge in [0.15, 0.2) is 0 Å². The molecule has 0 aliphatic rings. The summed E-state index contributed by atoms with van der Waals surface area (Å²) in [5, 5.41) is 27.3. The van der Waals surface area contributed by atoms with Gasteiger partial charge in [-0.1, -0.05) is 55.8 Å². The van der Waals surface area contributed by atoms with Gasteiger partial charge in [-0.15, -0.1) is 0 Å². The van der Waals surface area contributed by atoms with Gasteiger partial charge in [-0.3, -0.25) is 0 Å². The van der Waals surface area contributed by atoms with Gasteiger partial charge in [-0.2, -0.15) is 10.2 Å². The summed E-state index contributed by atoms with van der Waals surface area (Å²) >= 11 is 0. The number of aryl methyl sites for hydroxylation is 1. The number of phenols is 1. The fourth-order valence-corrected chi connectivity index (χ4v) is 2.50. The minimum atomic E-state index is -1.12. The molecule has 150 valence electrons. The van der Waals surface area contributed by atoms with E-state index in [1.807, 2.05) is 42.5 Å². The molecule has 6 heteroatoms. The molecule has 0 fully saturated rings. The molecule has 0 aliphatic heterocycles. The van der Waals surface area contributed by atoms with Crippen LogP contribution in [0.15, 0.2) is 89.1 Å². The monoisotopic (exact) mass is 412 g/mol. The third kappa shape index (κ3) is 10.3. The average molecular weight is 412 g/mol. The van der Waals surface area contributed by atoms with E-state index in [0.717, 1.165) is 17.8 Å². The van der Waals surface area contributed by atoms with E-state index < -0.39 is 5.97 Å². The summed E-state index contributed by atoms with van der Waals surface area (Å²) in [5.74, 6) is -0.984. The zero-order valence-corrected chi connectivity index (χ0v) is 19.5. The second-order valence-corrected chi connectivity index (χ2v) is 6.52. The van der Waals surface area contributed by atoms with E-state index in [4.69, 9.17) is 5.11 Å². The Morgan fingerprint density at radius 3 is 1.90 bits per heavy atom. The minimum absolute atomic E-state index is 0. The third-order valence-corrected chi connectivity index (χ3v) is 4.08. The Kier molecular flexibility index (Phi) is 12.4. The Bertz CT molecular complexity index is 896. The van der Waals surface area contributed by atoms with Gasteiger partial charge in [0, 0.05) is 12.4 Å². The molecule has 0 aromatic heterocycles.